The van der Waals surface area contributed by atoms with E-state index >= 15 is 0 Å². The van der Waals surface area contributed by atoms with E-state index < -0.39 is 66.4 Å². The molecule has 0 spiro atoms. The van der Waals surface area contributed by atoms with Crippen molar-refractivity contribution < 1.29 is 39.3 Å². The Morgan fingerprint density at radius 1 is 1.06 bits per heavy atom. The number of aromatic amines is 1. The van der Waals surface area contributed by atoms with Crippen LogP contribution in [0.15, 0.2) is 12.5 Å². The summed E-state index contributed by atoms with van der Waals surface area (Å²) < 4.78 is 0. The highest BCUT2D eigenvalue weighted by Gasteiger charge is 2.32. The van der Waals surface area contributed by atoms with Crippen molar-refractivity contribution in [2.75, 3.05) is 6.61 Å². The number of nitrogens with two attached hydrogens (primary N) is 1. The zero-order valence-electron chi connectivity index (χ0n) is 19.0. The summed E-state index contributed by atoms with van der Waals surface area (Å²) in [4.78, 5) is 66.5. The summed E-state index contributed by atoms with van der Waals surface area (Å²) in [6.07, 6.45) is 2.65. The van der Waals surface area contributed by atoms with E-state index in [1.165, 1.54) is 12.5 Å². The Hall–Kier alpha value is -3.52. The van der Waals surface area contributed by atoms with Gasteiger partial charge in [-0.15, -0.1) is 0 Å². The molecule has 1 aromatic rings. The number of aliphatic hydroxyl groups is 1. The monoisotopic (exact) mass is 484 g/mol. The van der Waals surface area contributed by atoms with E-state index in [2.05, 4.69) is 25.9 Å². The molecule has 1 heterocycles. The van der Waals surface area contributed by atoms with Crippen LogP contribution in [0.2, 0.25) is 0 Å². The molecule has 0 radical (unpaired) electrons. The lowest BCUT2D eigenvalue weighted by Gasteiger charge is -2.27. The first-order valence-electron chi connectivity index (χ1n) is 10.7. The molecule has 14 nitrogen and oxygen atoms in total. The maximum atomic E-state index is 12.9. The van der Waals surface area contributed by atoms with Gasteiger partial charge in [-0.2, -0.15) is 0 Å². The van der Waals surface area contributed by atoms with Gasteiger partial charge in [0.05, 0.1) is 19.0 Å². The molecule has 0 bridgehead atoms. The number of aliphatic carboxylic acids is 2. The van der Waals surface area contributed by atoms with Crippen LogP contribution in [0.25, 0.3) is 0 Å². The number of carbonyl (C=O) groups is 5. The second-order valence-corrected chi connectivity index (χ2v) is 7.83. The number of aromatic nitrogens is 2. The van der Waals surface area contributed by atoms with Crippen molar-refractivity contribution in [2.45, 2.75) is 63.7 Å². The van der Waals surface area contributed by atoms with Gasteiger partial charge >= 0.3 is 11.9 Å². The van der Waals surface area contributed by atoms with Crippen LogP contribution in [-0.4, -0.2) is 85.7 Å². The maximum absolute atomic E-state index is 12.9. The number of amides is 3. The highest BCUT2D eigenvalue weighted by atomic mass is 16.4. The van der Waals surface area contributed by atoms with Crippen LogP contribution in [-0.2, 0) is 30.4 Å². The highest BCUT2D eigenvalue weighted by Crippen LogP contribution is 2.10. The van der Waals surface area contributed by atoms with Crippen LogP contribution in [0.5, 0.6) is 0 Å². The number of carboxylic acid groups (broad SMARTS) is 2. The largest absolute Gasteiger partial charge is 0.481 e. The normalized spacial score (nSPS) is 15.3. The first kappa shape index (κ1) is 28.5. The Balaban J connectivity index is 2.86. The van der Waals surface area contributed by atoms with Gasteiger partial charge in [-0.3, -0.25) is 19.2 Å². The standard InChI is InChI=1S/C20H32N6O8/c1-3-10(2)16(19(32)24-13(20(33)34)6-11-7-22-9-23-11)26-18(31)14(8-27)25-17(30)12(21)4-5-15(28)29/h7,9-10,12-14,16,27H,3-6,8,21H2,1-2H3,(H,22,23)(H,24,32)(H,25,30)(H,26,31)(H,28,29)(H,33,34). The van der Waals surface area contributed by atoms with Crippen LogP contribution < -0.4 is 21.7 Å². The molecule has 0 fully saturated rings. The molecule has 0 aliphatic heterocycles. The van der Waals surface area contributed by atoms with Crippen LogP contribution in [0.3, 0.4) is 0 Å². The number of carbonyl (C=O) groups excluding carboxylic acids is 3. The van der Waals surface area contributed by atoms with Gasteiger partial charge in [-0.05, 0) is 12.3 Å². The lowest BCUT2D eigenvalue weighted by molar-refractivity contribution is -0.142. The minimum atomic E-state index is -1.46. The van der Waals surface area contributed by atoms with E-state index in [1.54, 1.807) is 13.8 Å². The van der Waals surface area contributed by atoms with E-state index in [0.29, 0.717) is 12.1 Å². The fourth-order valence-corrected chi connectivity index (χ4v) is 2.92. The molecule has 0 aromatic carbocycles. The Morgan fingerprint density at radius 3 is 2.21 bits per heavy atom. The second kappa shape index (κ2) is 13.9. The molecule has 0 aliphatic rings. The second-order valence-electron chi connectivity index (χ2n) is 7.83. The zero-order valence-corrected chi connectivity index (χ0v) is 19.0. The number of aliphatic hydroxyl groups excluding tert-OH is 1. The average molecular weight is 485 g/mol. The molecule has 9 N–H and O–H groups in total. The predicted octanol–water partition coefficient (Wildman–Crippen LogP) is -2.28. The van der Waals surface area contributed by atoms with Crippen LogP contribution in [0.4, 0.5) is 0 Å². The minimum Gasteiger partial charge on any atom is -0.481 e. The predicted molar refractivity (Wildman–Crippen MR) is 117 cm³/mol. The van der Waals surface area contributed by atoms with Crippen molar-refractivity contribution in [3.05, 3.63) is 18.2 Å². The molecule has 1 aromatic heterocycles. The number of imidazole rings is 1. The number of nitrogens with one attached hydrogen (secondary N) is 4. The van der Waals surface area contributed by atoms with Gasteiger partial charge in [-0.1, -0.05) is 20.3 Å². The fourth-order valence-electron chi connectivity index (χ4n) is 2.92. The summed E-state index contributed by atoms with van der Waals surface area (Å²) in [7, 11) is 0. The van der Waals surface area contributed by atoms with E-state index in [9.17, 15) is 34.2 Å². The first-order valence-corrected chi connectivity index (χ1v) is 10.7. The Kier molecular flexibility index (Phi) is 11.7. The van der Waals surface area contributed by atoms with Gasteiger partial charge in [0.15, 0.2) is 0 Å². The molecule has 190 valence electrons. The van der Waals surface area contributed by atoms with Gasteiger partial charge in [0.2, 0.25) is 17.7 Å². The van der Waals surface area contributed by atoms with E-state index in [0.717, 1.165) is 0 Å². The van der Waals surface area contributed by atoms with Crippen molar-refractivity contribution in [3.8, 4) is 0 Å². The molecule has 1 rings (SSSR count). The molecule has 0 aliphatic carbocycles. The summed E-state index contributed by atoms with van der Waals surface area (Å²) in [5.41, 5.74) is 6.10. The molecule has 14 heteroatoms. The summed E-state index contributed by atoms with van der Waals surface area (Å²) in [6.45, 7) is 2.63. The Morgan fingerprint density at radius 2 is 1.71 bits per heavy atom. The Labute approximate surface area is 195 Å². The first-order chi connectivity index (χ1) is 16.0. The molecular formula is C20H32N6O8. The number of hydrogen-bond acceptors (Lipinski definition) is 8. The van der Waals surface area contributed by atoms with Gasteiger partial charge in [-0.25, -0.2) is 9.78 Å². The summed E-state index contributed by atoms with van der Waals surface area (Å²) >= 11 is 0. The number of H-pyrrole nitrogens is 1. The topological polar surface area (TPSA) is 237 Å². The smallest absolute Gasteiger partial charge is 0.326 e. The average Bonchev–Trinajstić information content (AvgIpc) is 3.30. The van der Waals surface area contributed by atoms with Crippen molar-refractivity contribution >= 4 is 29.7 Å². The summed E-state index contributed by atoms with van der Waals surface area (Å²) in [5.74, 6) is -5.33. The molecule has 3 amide bonds. The van der Waals surface area contributed by atoms with Crippen molar-refractivity contribution in [2.24, 2.45) is 11.7 Å². The lowest BCUT2D eigenvalue weighted by atomic mass is 9.97. The Bertz CT molecular complexity index is 846. The lowest BCUT2D eigenvalue weighted by Crippen LogP contribution is -2.59. The third-order valence-corrected chi connectivity index (χ3v) is 5.21. The molecule has 34 heavy (non-hydrogen) atoms. The number of rotatable bonds is 15. The highest BCUT2D eigenvalue weighted by molar-refractivity contribution is 5.94. The van der Waals surface area contributed by atoms with Crippen LogP contribution in [0, 0.1) is 5.92 Å². The summed E-state index contributed by atoms with van der Waals surface area (Å²) in [6, 6.07) is -5.13. The van der Waals surface area contributed by atoms with Crippen molar-refractivity contribution in [1.82, 2.24) is 25.9 Å². The minimum absolute atomic E-state index is 0.0637. The SMILES string of the molecule is CCC(C)C(NC(=O)C(CO)NC(=O)C(N)CCC(=O)O)C(=O)NC(Cc1cnc[nH]1)C(=O)O. The molecule has 5 unspecified atom stereocenters. The fraction of sp³-hybridized carbons (Fsp3) is 0.600. The molecular weight excluding hydrogens is 452 g/mol. The van der Waals surface area contributed by atoms with Gasteiger partial charge < -0.3 is 42.0 Å². The van der Waals surface area contributed by atoms with E-state index in [4.69, 9.17) is 10.8 Å². The summed E-state index contributed by atoms with van der Waals surface area (Å²) in [5, 5.41) is 34.8. The molecule has 0 saturated carbocycles. The number of hydrogen-bond donors (Lipinski definition) is 8. The number of carboxylic acids is 2. The van der Waals surface area contributed by atoms with E-state index in [-0.39, 0.29) is 19.3 Å². The van der Waals surface area contributed by atoms with Crippen molar-refractivity contribution in [1.29, 1.82) is 0 Å². The maximum Gasteiger partial charge on any atom is 0.326 e. The van der Waals surface area contributed by atoms with Crippen molar-refractivity contribution in [3.63, 3.8) is 0 Å². The quantitative estimate of drug-likeness (QED) is 0.133. The van der Waals surface area contributed by atoms with Crippen LogP contribution in [0.1, 0.15) is 38.8 Å². The van der Waals surface area contributed by atoms with Gasteiger partial charge in [0, 0.05) is 24.7 Å². The molecule has 0 saturated heterocycles. The van der Waals surface area contributed by atoms with Crippen LogP contribution >= 0.6 is 0 Å². The number of nitrogens with zero attached hydrogens (tertiary/aromatic N) is 1. The van der Waals surface area contributed by atoms with E-state index in [1.807, 2.05) is 0 Å². The third kappa shape index (κ3) is 9.15. The van der Waals surface area contributed by atoms with Gasteiger partial charge in [0.1, 0.15) is 18.1 Å². The third-order valence-electron chi connectivity index (χ3n) is 5.21. The molecule has 5 atom stereocenters. The zero-order chi connectivity index (χ0) is 25.8. The van der Waals surface area contributed by atoms with Gasteiger partial charge in [0.25, 0.3) is 0 Å².